The van der Waals surface area contributed by atoms with Gasteiger partial charge in [0, 0.05) is 25.8 Å². The summed E-state index contributed by atoms with van der Waals surface area (Å²) in [6.07, 6.45) is 3.60. The SMILES string of the molecule is CSN1CC(Oc2cc(F)c3c(c2)CC(CO)C3)C1. The van der Waals surface area contributed by atoms with Crippen molar-refractivity contribution in [3.63, 3.8) is 0 Å². The fourth-order valence-corrected chi connectivity index (χ4v) is 3.39. The second-order valence-electron chi connectivity index (χ2n) is 5.27. The lowest BCUT2D eigenvalue weighted by atomic mass is 10.1. The van der Waals surface area contributed by atoms with Gasteiger partial charge in [-0.2, -0.15) is 0 Å². The molecular weight excluding hydrogens is 265 g/mol. The van der Waals surface area contributed by atoms with Crippen molar-refractivity contribution in [2.45, 2.75) is 18.9 Å². The van der Waals surface area contributed by atoms with Crippen LogP contribution in [-0.4, -0.2) is 41.5 Å². The van der Waals surface area contributed by atoms with Gasteiger partial charge in [0.15, 0.2) is 0 Å². The quantitative estimate of drug-likeness (QED) is 0.855. The normalized spacial score (nSPS) is 23.2. The Hall–Kier alpha value is -0.780. The summed E-state index contributed by atoms with van der Waals surface area (Å²) in [4.78, 5) is 0. The van der Waals surface area contributed by atoms with Gasteiger partial charge >= 0.3 is 0 Å². The maximum Gasteiger partial charge on any atom is 0.130 e. The lowest BCUT2D eigenvalue weighted by molar-refractivity contribution is 0.0836. The number of aliphatic hydroxyl groups excluding tert-OH is 1. The van der Waals surface area contributed by atoms with Crippen LogP contribution >= 0.6 is 11.9 Å². The minimum absolute atomic E-state index is 0.121. The molecule has 1 unspecified atom stereocenters. The van der Waals surface area contributed by atoms with Crippen molar-refractivity contribution in [1.82, 2.24) is 4.31 Å². The third-order valence-corrected chi connectivity index (χ3v) is 4.71. The molecule has 0 bridgehead atoms. The first-order valence-corrected chi connectivity index (χ1v) is 7.75. The zero-order valence-electron chi connectivity index (χ0n) is 10.9. The second-order valence-corrected chi connectivity index (χ2v) is 6.15. The Labute approximate surface area is 116 Å². The number of hydrogen-bond donors (Lipinski definition) is 1. The number of halogens is 1. The molecule has 1 aromatic carbocycles. The molecule has 1 aliphatic carbocycles. The van der Waals surface area contributed by atoms with E-state index in [4.69, 9.17) is 4.74 Å². The summed E-state index contributed by atoms with van der Waals surface area (Å²) in [6, 6.07) is 3.43. The lowest BCUT2D eigenvalue weighted by Gasteiger charge is -2.37. The molecule has 1 atom stereocenters. The summed E-state index contributed by atoms with van der Waals surface area (Å²) in [6.45, 7) is 1.90. The number of hydrogen-bond acceptors (Lipinski definition) is 4. The summed E-state index contributed by atoms with van der Waals surface area (Å²) in [5.74, 6) is 0.598. The predicted molar refractivity (Wildman–Crippen MR) is 73.9 cm³/mol. The predicted octanol–water partition coefficient (Wildman–Crippen LogP) is 1.87. The summed E-state index contributed by atoms with van der Waals surface area (Å²) < 4.78 is 22.0. The molecule has 0 aromatic heterocycles. The van der Waals surface area contributed by atoms with E-state index >= 15 is 0 Å². The molecule has 3 nitrogen and oxygen atoms in total. The first-order chi connectivity index (χ1) is 9.19. The summed E-state index contributed by atoms with van der Waals surface area (Å²) >= 11 is 1.70. The van der Waals surface area contributed by atoms with Crippen molar-refractivity contribution in [1.29, 1.82) is 0 Å². The Kier molecular flexibility index (Phi) is 3.69. The van der Waals surface area contributed by atoms with Gasteiger partial charge in [-0.1, -0.05) is 11.9 Å². The molecule has 104 valence electrons. The molecule has 2 aliphatic rings. The van der Waals surface area contributed by atoms with Crippen LogP contribution in [0.2, 0.25) is 0 Å². The Morgan fingerprint density at radius 2 is 2.21 bits per heavy atom. The van der Waals surface area contributed by atoms with E-state index in [1.54, 1.807) is 11.9 Å². The largest absolute Gasteiger partial charge is 0.488 e. The molecule has 1 saturated heterocycles. The number of nitrogens with zero attached hydrogens (tertiary/aromatic N) is 1. The number of benzene rings is 1. The van der Waals surface area contributed by atoms with Crippen molar-refractivity contribution in [3.8, 4) is 5.75 Å². The van der Waals surface area contributed by atoms with E-state index in [1.165, 1.54) is 6.07 Å². The minimum atomic E-state index is -0.190. The van der Waals surface area contributed by atoms with Crippen LogP contribution in [0.25, 0.3) is 0 Å². The van der Waals surface area contributed by atoms with E-state index in [0.29, 0.717) is 12.2 Å². The van der Waals surface area contributed by atoms with Gasteiger partial charge < -0.3 is 9.84 Å². The molecule has 5 heteroatoms. The molecule has 0 radical (unpaired) electrons. The van der Waals surface area contributed by atoms with E-state index in [-0.39, 0.29) is 24.4 Å². The van der Waals surface area contributed by atoms with Crippen molar-refractivity contribution in [3.05, 3.63) is 29.1 Å². The molecule has 1 aromatic rings. The first-order valence-electron chi connectivity index (χ1n) is 6.57. The van der Waals surface area contributed by atoms with E-state index in [9.17, 15) is 9.50 Å². The standard InChI is InChI=1S/C14H18FNO2S/c1-19-16-6-12(7-16)18-11-4-10-2-9(8-17)3-13(10)14(15)5-11/h4-5,9,12,17H,2-3,6-8H2,1H3. The zero-order valence-corrected chi connectivity index (χ0v) is 11.8. The van der Waals surface area contributed by atoms with E-state index in [2.05, 4.69) is 4.31 Å². The van der Waals surface area contributed by atoms with Gasteiger partial charge in [0.1, 0.15) is 17.7 Å². The second kappa shape index (κ2) is 5.31. The van der Waals surface area contributed by atoms with Crippen LogP contribution in [0.5, 0.6) is 5.75 Å². The highest BCUT2D eigenvalue weighted by Gasteiger charge is 2.29. The topological polar surface area (TPSA) is 32.7 Å². The highest BCUT2D eigenvalue weighted by Crippen LogP contribution is 2.33. The van der Waals surface area contributed by atoms with Crippen LogP contribution in [0, 0.1) is 11.7 Å². The number of rotatable bonds is 4. The van der Waals surface area contributed by atoms with Gasteiger partial charge in [-0.15, -0.1) is 0 Å². The van der Waals surface area contributed by atoms with Gasteiger partial charge in [-0.25, -0.2) is 8.70 Å². The van der Waals surface area contributed by atoms with Crippen LogP contribution in [0.15, 0.2) is 12.1 Å². The molecule has 1 heterocycles. The van der Waals surface area contributed by atoms with Crippen LogP contribution in [0.1, 0.15) is 11.1 Å². The molecule has 0 saturated carbocycles. The summed E-state index contributed by atoms with van der Waals surface area (Å²) in [5, 5.41) is 9.19. The van der Waals surface area contributed by atoms with Gasteiger partial charge in [-0.3, -0.25) is 0 Å². The molecule has 1 N–H and O–H groups in total. The highest BCUT2D eigenvalue weighted by molar-refractivity contribution is 7.96. The Bertz CT molecular complexity index is 477. The maximum atomic E-state index is 14.0. The van der Waals surface area contributed by atoms with Gasteiger partial charge in [0.25, 0.3) is 0 Å². The van der Waals surface area contributed by atoms with E-state index in [0.717, 1.165) is 30.6 Å². The van der Waals surface area contributed by atoms with Crippen molar-refractivity contribution in [2.75, 3.05) is 26.0 Å². The average Bonchev–Trinajstić information content (AvgIpc) is 2.77. The van der Waals surface area contributed by atoms with E-state index < -0.39 is 0 Å². The molecule has 3 rings (SSSR count). The smallest absolute Gasteiger partial charge is 0.130 e. The lowest BCUT2D eigenvalue weighted by Crippen LogP contribution is -2.49. The highest BCUT2D eigenvalue weighted by atomic mass is 32.2. The van der Waals surface area contributed by atoms with Gasteiger partial charge in [0.2, 0.25) is 0 Å². The Balaban J connectivity index is 1.70. The van der Waals surface area contributed by atoms with Crippen molar-refractivity contribution in [2.24, 2.45) is 5.92 Å². The zero-order chi connectivity index (χ0) is 13.4. The van der Waals surface area contributed by atoms with E-state index in [1.807, 2.05) is 12.3 Å². The van der Waals surface area contributed by atoms with Crippen LogP contribution in [0.4, 0.5) is 4.39 Å². The Morgan fingerprint density at radius 1 is 1.42 bits per heavy atom. The third-order valence-electron chi connectivity index (χ3n) is 3.90. The number of fused-ring (bicyclic) bond motifs is 1. The van der Waals surface area contributed by atoms with Gasteiger partial charge in [0.05, 0.1) is 0 Å². The fraction of sp³-hybridized carbons (Fsp3) is 0.571. The molecule has 0 amide bonds. The average molecular weight is 283 g/mol. The fourth-order valence-electron chi connectivity index (χ4n) is 2.76. The minimum Gasteiger partial charge on any atom is -0.488 e. The molecule has 1 aliphatic heterocycles. The molecular formula is C14H18FNO2S. The third kappa shape index (κ3) is 2.59. The van der Waals surface area contributed by atoms with Crippen LogP contribution in [0.3, 0.4) is 0 Å². The monoisotopic (exact) mass is 283 g/mol. The maximum absolute atomic E-state index is 14.0. The van der Waals surface area contributed by atoms with Crippen LogP contribution < -0.4 is 4.74 Å². The first kappa shape index (κ1) is 13.2. The van der Waals surface area contributed by atoms with Gasteiger partial charge in [-0.05, 0) is 42.2 Å². The summed E-state index contributed by atoms with van der Waals surface area (Å²) in [7, 11) is 0. The molecule has 19 heavy (non-hydrogen) atoms. The molecule has 0 spiro atoms. The Morgan fingerprint density at radius 3 is 2.89 bits per heavy atom. The van der Waals surface area contributed by atoms with Crippen molar-refractivity contribution >= 4 is 11.9 Å². The number of ether oxygens (including phenoxy) is 1. The molecule has 1 fully saturated rings. The summed E-state index contributed by atoms with van der Waals surface area (Å²) in [5.41, 5.74) is 1.75. The number of aliphatic hydroxyl groups is 1. The van der Waals surface area contributed by atoms with Crippen molar-refractivity contribution < 1.29 is 14.2 Å². The van der Waals surface area contributed by atoms with Crippen LogP contribution in [-0.2, 0) is 12.8 Å².